The molecule has 0 saturated heterocycles. The third kappa shape index (κ3) is 3.85. The molecule has 3 aromatic heterocycles. The molecule has 0 radical (unpaired) electrons. The van der Waals surface area contributed by atoms with Crippen LogP contribution in [0.5, 0.6) is 0 Å². The zero-order valence-electron chi connectivity index (χ0n) is 16.4. The lowest BCUT2D eigenvalue weighted by atomic mass is 10.0. The summed E-state index contributed by atoms with van der Waals surface area (Å²) in [4.78, 5) is 21.5. The van der Waals surface area contributed by atoms with Crippen molar-refractivity contribution < 1.29 is 8.78 Å². The van der Waals surface area contributed by atoms with E-state index in [0.717, 1.165) is 18.4 Å². The maximum atomic E-state index is 13.5. The number of hydrogen-bond acceptors (Lipinski definition) is 7. The van der Waals surface area contributed by atoms with Crippen LogP contribution in [0, 0.1) is 0 Å². The number of nitrogens with one attached hydrogen (secondary N) is 1. The fourth-order valence-corrected chi connectivity index (χ4v) is 3.78. The lowest BCUT2D eigenvalue weighted by Gasteiger charge is -2.17. The Kier molecular flexibility index (Phi) is 5.05. The van der Waals surface area contributed by atoms with Gasteiger partial charge < -0.3 is 5.32 Å². The van der Waals surface area contributed by atoms with E-state index in [1.165, 1.54) is 18.7 Å². The van der Waals surface area contributed by atoms with Crippen molar-refractivity contribution in [3.8, 4) is 5.82 Å². The summed E-state index contributed by atoms with van der Waals surface area (Å²) in [6.45, 7) is 1.89. The fourth-order valence-electron chi connectivity index (χ4n) is 3.57. The van der Waals surface area contributed by atoms with Crippen LogP contribution in [0.4, 0.5) is 14.6 Å². The summed E-state index contributed by atoms with van der Waals surface area (Å²) in [5.41, 5.74) is 1.55. The number of fused-ring (bicyclic) bond motifs is 1. The molecule has 1 fully saturated rings. The Morgan fingerprint density at radius 3 is 2.61 bits per heavy atom. The van der Waals surface area contributed by atoms with Crippen molar-refractivity contribution in [1.29, 1.82) is 0 Å². The van der Waals surface area contributed by atoms with Gasteiger partial charge in [0.15, 0.2) is 11.6 Å². The first-order valence-corrected chi connectivity index (χ1v) is 10.5. The molecule has 1 saturated carbocycles. The molecule has 4 aromatic rings. The zero-order valence-corrected chi connectivity index (χ0v) is 18.0. The van der Waals surface area contributed by atoms with Gasteiger partial charge in [-0.15, -0.1) is 0 Å². The van der Waals surface area contributed by atoms with E-state index >= 15 is 0 Å². The number of anilines is 1. The molecule has 0 unspecified atom stereocenters. The topological polar surface area (TPSA) is 94.3 Å². The first kappa shape index (κ1) is 19.9. The number of benzene rings is 1. The molecule has 1 atom stereocenters. The average Bonchev–Trinajstić information content (AvgIpc) is 3.49. The molecular formula is C20H17BrF2N8. The van der Waals surface area contributed by atoms with Crippen LogP contribution in [0.2, 0.25) is 0 Å². The van der Waals surface area contributed by atoms with Crippen LogP contribution in [0.15, 0.2) is 41.8 Å². The maximum Gasteiger partial charge on any atom is 0.263 e. The molecular weight excluding hydrogens is 470 g/mol. The molecule has 1 aliphatic carbocycles. The van der Waals surface area contributed by atoms with Crippen molar-refractivity contribution >= 4 is 32.7 Å². The maximum absolute atomic E-state index is 13.5. The zero-order chi connectivity index (χ0) is 21.5. The molecule has 31 heavy (non-hydrogen) atoms. The Balaban J connectivity index is 1.53. The summed E-state index contributed by atoms with van der Waals surface area (Å²) >= 11 is 3.26. The second-order valence-electron chi connectivity index (χ2n) is 7.40. The van der Waals surface area contributed by atoms with Gasteiger partial charge in [-0.25, -0.2) is 33.7 Å². The molecule has 3 heterocycles. The summed E-state index contributed by atoms with van der Waals surface area (Å²) in [5, 5.41) is 8.10. The van der Waals surface area contributed by atoms with E-state index in [1.54, 1.807) is 23.1 Å². The quantitative estimate of drug-likeness (QED) is 0.420. The van der Waals surface area contributed by atoms with Crippen LogP contribution in [0.3, 0.4) is 0 Å². The van der Waals surface area contributed by atoms with Gasteiger partial charge in [-0.2, -0.15) is 9.78 Å². The van der Waals surface area contributed by atoms with Gasteiger partial charge in [-0.3, -0.25) is 0 Å². The summed E-state index contributed by atoms with van der Waals surface area (Å²) in [6.07, 6.45) is 5.44. The number of alkyl halides is 2. The summed E-state index contributed by atoms with van der Waals surface area (Å²) < 4.78 is 29.3. The van der Waals surface area contributed by atoms with Crippen molar-refractivity contribution in [3.05, 3.63) is 58.7 Å². The van der Waals surface area contributed by atoms with Crippen LogP contribution in [0.25, 0.3) is 16.7 Å². The molecule has 1 aromatic carbocycles. The van der Waals surface area contributed by atoms with Gasteiger partial charge in [0, 0.05) is 10.9 Å². The Bertz CT molecular complexity index is 1240. The largest absolute Gasteiger partial charge is 0.360 e. The van der Waals surface area contributed by atoms with E-state index in [-0.39, 0.29) is 17.5 Å². The molecule has 0 amide bonds. The molecule has 0 aliphatic heterocycles. The monoisotopic (exact) mass is 486 g/mol. The SMILES string of the molecule is C[C@H](Nc1ncnc2c(C3CC3)cc(C(F)F)cc12)c1ncnn1-c1cnc(Br)cn1. The predicted molar refractivity (Wildman–Crippen MR) is 113 cm³/mol. The van der Waals surface area contributed by atoms with Crippen LogP contribution in [-0.4, -0.2) is 34.7 Å². The van der Waals surface area contributed by atoms with Gasteiger partial charge in [0.1, 0.15) is 23.1 Å². The highest BCUT2D eigenvalue weighted by Gasteiger charge is 2.28. The minimum absolute atomic E-state index is 0.0202. The van der Waals surface area contributed by atoms with E-state index in [0.29, 0.717) is 33.0 Å². The lowest BCUT2D eigenvalue weighted by molar-refractivity contribution is 0.151. The van der Waals surface area contributed by atoms with E-state index in [1.807, 2.05) is 6.92 Å². The number of aromatic nitrogens is 7. The summed E-state index contributed by atoms with van der Waals surface area (Å²) in [6, 6.07) is 2.70. The molecule has 0 bridgehead atoms. The molecule has 158 valence electrons. The number of nitrogens with zero attached hydrogens (tertiary/aromatic N) is 7. The van der Waals surface area contributed by atoms with E-state index < -0.39 is 6.43 Å². The normalized spacial score (nSPS) is 14.9. The van der Waals surface area contributed by atoms with Gasteiger partial charge in [-0.05, 0) is 59.3 Å². The van der Waals surface area contributed by atoms with Crippen LogP contribution < -0.4 is 5.32 Å². The van der Waals surface area contributed by atoms with Gasteiger partial charge >= 0.3 is 0 Å². The molecule has 1 aliphatic rings. The third-order valence-corrected chi connectivity index (χ3v) is 5.61. The van der Waals surface area contributed by atoms with Gasteiger partial charge in [-0.1, -0.05) is 0 Å². The Labute approximate surface area is 184 Å². The van der Waals surface area contributed by atoms with Crippen LogP contribution in [0.1, 0.15) is 55.1 Å². The molecule has 0 spiro atoms. The molecule has 5 rings (SSSR count). The number of hydrogen-bond donors (Lipinski definition) is 1. The average molecular weight is 487 g/mol. The van der Waals surface area contributed by atoms with E-state index in [2.05, 4.69) is 51.3 Å². The first-order chi connectivity index (χ1) is 15.0. The van der Waals surface area contributed by atoms with Crippen molar-refractivity contribution in [2.24, 2.45) is 0 Å². The summed E-state index contributed by atoms with van der Waals surface area (Å²) in [7, 11) is 0. The second kappa shape index (κ2) is 7.88. The summed E-state index contributed by atoms with van der Waals surface area (Å²) in [5.74, 6) is 1.84. The second-order valence-corrected chi connectivity index (χ2v) is 8.21. The van der Waals surface area contributed by atoms with Crippen LogP contribution >= 0.6 is 15.9 Å². The van der Waals surface area contributed by atoms with Crippen molar-refractivity contribution in [2.75, 3.05) is 5.32 Å². The highest BCUT2D eigenvalue weighted by molar-refractivity contribution is 9.10. The van der Waals surface area contributed by atoms with Crippen molar-refractivity contribution in [2.45, 2.75) is 38.2 Å². The van der Waals surface area contributed by atoms with Crippen LogP contribution in [-0.2, 0) is 0 Å². The Morgan fingerprint density at radius 2 is 1.90 bits per heavy atom. The van der Waals surface area contributed by atoms with Crippen molar-refractivity contribution in [1.82, 2.24) is 34.7 Å². The number of halogens is 3. The fraction of sp³-hybridized carbons (Fsp3) is 0.300. The Morgan fingerprint density at radius 1 is 1.06 bits per heavy atom. The third-order valence-electron chi connectivity index (χ3n) is 5.20. The lowest BCUT2D eigenvalue weighted by Crippen LogP contribution is -2.15. The van der Waals surface area contributed by atoms with E-state index in [9.17, 15) is 8.78 Å². The highest BCUT2D eigenvalue weighted by Crippen LogP contribution is 2.44. The standard InChI is InChI=1S/C20H17BrF2N8/c1-10(20-28-9-29-31(20)16-7-24-15(21)6-25-16)30-19-14-5-12(18(22)23)4-13(11-2-3-11)17(14)26-8-27-19/h4-11,18H,2-3H2,1H3,(H,26,27,30)/t10-/m0/s1. The molecule has 8 nitrogen and oxygen atoms in total. The van der Waals surface area contributed by atoms with Gasteiger partial charge in [0.25, 0.3) is 6.43 Å². The molecule has 1 N–H and O–H groups in total. The van der Waals surface area contributed by atoms with Crippen molar-refractivity contribution in [3.63, 3.8) is 0 Å². The first-order valence-electron chi connectivity index (χ1n) is 9.72. The highest BCUT2D eigenvalue weighted by atomic mass is 79.9. The smallest absolute Gasteiger partial charge is 0.263 e. The number of rotatable bonds is 6. The predicted octanol–water partition coefficient (Wildman–Crippen LogP) is 4.75. The molecule has 11 heteroatoms. The minimum Gasteiger partial charge on any atom is -0.360 e. The Hall–Kier alpha value is -3.08. The van der Waals surface area contributed by atoms with E-state index in [4.69, 9.17) is 0 Å². The minimum atomic E-state index is -2.56. The van der Waals surface area contributed by atoms with Gasteiger partial charge in [0.05, 0.1) is 24.0 Å². The van der Waals surface area contributed by atoms with Gasteiger partial charge in [0.2, 0.25) is 0 Å².